The van der Waals surface area contributed by atoms with Crippen LogP contribution in [0.3, 0.4) is 0 Å². The lowest BCUT2D eigenvalue weighted by Gasteiger charge is -2.06. The van der Waals surface area contributed by atoms with Crippen LogP contribution >= 0.6 is 23.4 Å². The third-order valence-corrected chi connectivity index (χ3v) is 3.01. The highest BCUT2D eigenvalue weighted by Gasteiger charge is 2.01. The molecule has 17 heavy (non-hydrogen) atoms. The molecule has 0 aliphatic carbocycles. The Hall–Kier alpha value is -1.46. The van der Waals surface area contributed by atoms with Gasteiger partial charge in [-0.2, -0.15) is 4.98 Å². The number of nitrogens with one attached hydrogen (secondary N) is 1. The van der Waals surface area contributed by atoms with Gasteiger partial charge in [-0.15, -0.1) is 11.8 Å². The number of benzene rings is 1. The van der Waals surface area contributed by atoms with Gasteiger partial charge in [0.25, 0.3) is 0 Å². The lowest BCUT2D eigenvalue weighted by molar-refractivity contribution is 1.18. The van der Waals surface area contributed by atoms with Gasteiger partial charge in [-0.25, -0.2) is 4.98 Å². The maximum Gasteiger partial charge on any atom is 0.223 e. The second-order valence-corrected chi connectivity index (χ2v) is 4.55. The molecule has 88 valence electrons. The molecule has 1 aromatic carbocycles. The van der Waals surface area contributed by atoms with Crippen LogP contribution in [0.5, 0.6) is 0 Å². The van der Waals surface area contributed by atoms with Gasteiger partial charge in [0.2, 0.25) is 5.95 Å². The first-order valence-electron chi connectivity index (χ1n) is 4.88. The topological polar surface area (TPSA) is 63.8 Å². The average Bonchev–Trinajstić information content (AvgIpc) is 2.28. The normalized spacial score (nSPS) is 10.2. The van der Waals surface area contributed by atoms with E-state index in [-0.39, 0.29) is 5.95 Å². The number of thioether (sulfide) groups is 1. The lowest BCUT2D eigenvalue weighted by Crippen LogP contribution is -1.99. The van der Waals surface area contributed by atoms with Gasteiger partial charge in [0, 0.05) is 16.6 Å². The van der Waals surface area contributed by atoms with Gasteiger partial charge in [-0.1, -0.05) is 11.6 Å². The molecule has 0 amide bonds. The Bertz CT molecular complexity index is 495. The summed E-state index contributed by atoms with van der Waals surface area (Å²) in [5.74, 6) is 0.736. The van der Waals surface area contributed by atoms with Crippen LogP contribution < -0.4 is 11.1 Å². The molecule has 0 saturated carbocycles. The van der Waals surface area contributed by atoms with Crippen molar-refractivity contribution in [2.45, 2.75) is 4.90 Å². The molecular formula is C11H11ClN4S. The fraction of sp³-hybridized carbons (Fsp3) is 0.0909. The molecule has 1 heterocycles. The lowest BCUT2D eigenvalue weighted by atomic mass is 10.3. The standard InChI is InChI=1S/C11H11ClN4S/c1-17-8-4-2-7(3-5-8)14-10-6-9(12)15-11(13)16-10/h2-6H,1H3,(H3,13,14,15,16). The van der Waals surface area contributed by atoms with Gasteiger partial charge in [0.1, 0.15) is 11.0 Å². The largest absolute Gasteiger partial charge is 0.368 e. The number of nitrogens with two attached hydrogens (primary N) is 1. The Balaban J connectivity index is 2.19. The van der Waals surface area contributed by atoms with E-state index in [0.29, 0.717) is 11.0 Å². The molecule has 0 spiro atoms. The minimum atomic E-state index is 0.153. The smallest absolute Gasteiger partial charge is 0.223 e. The van der Waals surface area contributed by atoms with Crippen molar-refractivity contribution in [3.63, 3.8) is 0 Å². The molecule has 0 saturated heterocycles. The van der Waals surface area contributed by atoms with Crippen molar-refractivity contribution in [2.75, 3.05) is 17.3 Å². The Kier molecular flexibility index (Phi) is 3.71. The second kappa shape index (κ2) is 5.25. The number of hydrogen-bond acceptors (Lipinski definition) is 5. The number of rotatable bonds is 3. The minimum Gasteiger partial charge on any atom is -0.368 e. The predicted molar refractivity (Wildman–Crippen MR) is 73.0 cm³/mol. The van der Waals surface area contributed by atoms with Crippen LogP contribution in [0.1, 0.15) is 0 Å². The first-order valence-corrected chi connectivity index (χ1v) is 6.49. The van der Waals surface area contributed by atoms with Crippen LogP contribution in [-0.2, 0) is 0 Å². The zero-order valence-corrected chi connectivity index (χ0v) is 10.7. The Morgan fingerprint density at radius 1 is 1.24 bits per heavy atom. The molecule has 0 aliphatic rings. The van der Waals surface area contributed by atoms with E-state index in [2.05, 4.69) is 15.3 Å². The molecule has 2 aromatic rings. The van der Waals surface area contributed by atoms with Crippen molar-refractivity contribution in [1.82, 2.24) is 9.97 Å². The van der Waals surface area contributed by atoms with Gasteiger partial charge >= 0.3 is 0 Å². The average molecular weight is 267 g/mol. The molecule has 6 heteroatoms. The van der Waals surface area contributed by atoms with Gasteiger partial charge in [-0.05, 0) is 30.5 Å². The van der Waals surface area contributed by atoms with E-state index >= 15 is 0 Å². The second-order valence-electron chi connectivity index (χ2n) is 3.29. The molecule has 0 unspecified atom stereocenters. The third-order valence-electron chi connectivity index (χ3n) is 2.07. The van der Waals surface area contributed by atoms with E-state index in [1.807, 2.05) is 30.5 Å². The van der Waals surface area contributed by atoms with E-state index in [1.165, 1.54) is 4.90 Å². The zero-order chi connectivity index (χ0) is 12.3. The first-order chi connectivity index (χ1) is 8.17. The maximum atomic E-state index is 5.79. The molecule has 0 atom stereocenters. The highest BCUT2D eigenvalue weighted by molar-refractivity contribution is 7.98. The van der Waals surface area contributed by atoms with E-state index in [0.717, 1.165) is 5.69 Å². The number of hydrogen-bond donors (Lipinski definition) is 2. The Labute approximate surface area is 109 Å². The van der Waals surface area contributed by atoms with E-state index in [9.17, 15) is 0 Å². The number of halogens is 1. The molecule has 3 N–H and O–H groups in total. The summed E-state index contributed by atoms with van der Waals surface area (Å²) < 4.78 is 0. The van der Waals surface area contributed by atoms with Crippen LogP contribution in [0.15, 0.2) is 35.2 Å². The number of nitrogen functional groups attached to an aromatic ring is 1. The molecule has 1 aromatic heterocycles. The van der Waals surface area contributed by atoms with Crippen molar-refractivity contribution < 1.29 is 0 Å². The van der Waals surface area contributed by atoms with Crippen molar-refractivity contribution in [3.8, 4) is 0 Å². The molecule has 2 rings (SSSR count). The monoisotopic (exact) mass is 266 g/mol. The minimum absolute atomic E-state index is 0.153. The maximum absolute atomic E-state index is 5.79. The fourth-order valence-corrected chi connectivity index (χ4v) is 1.92. The fourth-order valence-electron chi connectivity index (χ4n) is 1.32. The van der Waals surface area contributed by atoms with E-state index < -0.39 is 0 Å². The molecule has 0 bridgehead atoms. The van der Waals surface area contributed by atoms with E-state index in [4.69, 9.17) is 17.3 Å². The van der Waals surface area contributed by atoms with Crippen LogP contribution in [0.2, 0.25) is 5.15 Å². The Morgan fingerprint density at radius 3 is 2.53 bits per heavy atom. The summed E-state index contributed by atoms with van der Waals surface area (Å²) in [6.07, 6.45) is 2.04. The van der Waals surface area contributed by atoms with E-state index in [1.54, 1.807) is 17.8 Å². The third kappa shape index (κ3) is 3.25. The molecule has 0 radical (unpaired) electrons. The van der Waals surface area contributed by atoms with Crippen LogP contribution in [0.4, 0.5) is 17.5 Å². The van der Waals surface area contributed by atoms with Gasteiger partial charge < -0.3 is 11.1 Å². The highest BCUT2D eigenvalue weighted by atomic mass is 35.5. The van der Waals surface area contributed by atoms with Crippen molar-refractivity contribution >= 4 is 40.8 Å². The molecular weight excluding hydrogens is 256 g/mol. The van der Waals surface area contributed by atoms with Gasteiger partial charge in [0.05, 0.1) is 0 Å². The molecule has 0 aliphatic heterocycles. The van der Waals surface area contributed by atoms with Gasteiger partial charge in [-0.3, -0.25) is 0 Å². The van der Waals surface area contributed by atoms with Crippen LogP contribution in [0, 0.1) is 0 Å². The van der Waals surface area contributed by atoms with Crippen LogP contribution in [-0.4, -0.2) is 16.2 Å². The van der Waals surface area contributed by atoms with Crippen molar-refractivity contribution in [2.24, 2.45) is 0 Å². The number of anilines is 3. The quantitative estimate of drug-likeness (QED) is 0.660. The van der Waals surface area contributed by atoms with Crippen LogP contribution in [0.25, 0.3) is 0 Å². The number of aromatic nitrogens is 2. The zero-order valence-electron chi connectivity index (χ0n) is 9.14. The molecule has 0 fully saturated rings. The summed E-state index contributed by atoms with van der Waals surface area (Å²) in [5, 5.41) is 3.43. The summed E-state index contributed by atoms with van der Waals surface area (Å²) in [7, 11) is 0. The predicted octanol–water partition coefficient (Wildman–Crippen LogP) is 3.18. The number of nitrogens with zero attached hydrogens (tertiary/aromatic N) is 2. The summed E-state index contributed by atoms with van der Waals surface area (Å²) in [5.41, 5.74) is 6.44. The first kappa shape index (κ1) is 12.0. The summed E-state index contributed by atoms with van der Waals surface area (Å²) in [6.45, 7) is 0. The molecule has 4 nitrogen and oxygen atoms in total. The highest BCUT2D eigenvalue weighted by Crippen LogP contribution is 2.21. The Morgan fingerprint density at radius 2 is 1.94 bits per heavy atom. The summed E-state index contributed by atoms with van der Waals surface area (Å²) in [4.78, 5) is 9.03. The van der Waals surface area contributed by atoms with Gasteiger partial charge in [0.15, 0.2) is 0 Å². The van der Waals surface area contributed by atoms with Crippen molar-refractivity contribution in [1.29, 1.82) is 0 Å². The summed E-state index contributed by atoms with van der Waals surface area (Å²) >= 11 is 7.48. The SMILES string of the molecule is CSc1ccc(Nc2cc(Cl)nc(N)n2)cc1. The summed E-state index contributed by atoms with van der Waals surface area (Å²) in [6, 6.07) is 9.62. The van der Waals surface area contributed by atoms with Crippen molar-refractivity contribution in [3.05, 3.63) is 35.5 Å².